The van der Waals surface area contributed by atoms with Crippen LogP contribution in [0.2, 0.25) is 0 Å². The quantitative estimate of drug-likeness (QED) is 0.897. The number of ether oxygens (including phenoxy) is 1. The van der Waals surface area contributed by atoms with Gasteiger partial charge >= 0.3 is 11.7 Å². The molecule has 1 aliphatic heterocycles. The highest BCUT2D eigenvalue weighted by molar-refractivity contribution is 5.90. The first kappa shape index (κ1) is 17.1. The van der Waals surface area contributed by atoms with Gasteiger partial charge in [-0.05, 0) is 11.6 Å². The van der Waals surface area contributed by atoms with E-state index < -0.39 is 17.6 Å². The Morgan fingerprint density at radius 1 is 1.12 bits per heavy atom. The molecule has 2 N–H and O–H groups in total. The highest BCUT2D eigenvalue weighted by Gasteiger charge is 2.58. The summed E-state index contributed by atoms with van der Waals surface area (Å²) in [5, 5.41) is 13.1. The maximum atomic E-state index is 14.3. The van der Waals surface area contributed by atoms with Gasteiger partial charge in [-0.1, -0.05) is 48.5 Å². The highest BCUT2D eigenvalue weighted by Crippen LogP contribution is 2.47. The van der Waals surface area contributed by atoms with E-state index in [9.17, 15) is 18.7 Å². The Hall–Kier alpha value is -2.73. The van der Waals surface area contributed by atoms with E-state index in [0.29, 0.717) is 23.6 Å². The average Bonchev–Trinajstić information content (AvgIpc) is 2.55. The molecule has 1 amide bonds. The third-order valence-corrected chi connectivity index (χ3v) is 3.96. The van der Waals surface area contributed by atoms with Crippen LogP contribution in [0, 0.1) is 0 Å². The molecule has 2 aromatic rings. The van der Waals surface area contributed by atoms with Gasteiger partial charge in [0.15, 0.2) is 0 Å². The van der Waals surface area contributed by atoms with E-state index in [1.165, 1.54) is 13.0 Å². The Bertz CT molecular complexity index is 843. The van der Waals surface area contributed by atoms with E-state index in [2.05, 4.69) is 5.32 Å². The van der Waals surface area contributed by atoms with Crippen LogP contribution in [0.15, 0.2) is 60.3 Å². The number of hydrogen-bond donors (Lipinski definition) is 2. The summed E-state index contributed by atoms with van der Waals surface area (Å²) in [6.07, 6.45) is 0. The zero-order valence-corrected chi connectivity index (χ0v) is 13.7. The summed E-state index contributed by atoms with van der Waals surface area (Å²) in [6, 6.07) is 15.2. The number of hydrogen-bond acceptors (Lipinski definition) is 3. The van der Waals surface area contributed by atoms with Gasteiger partial charge in [0.2, 0.25) is 5.91 Å². The van der Waals surface area contributed by atoms with Crippen molar-refractivity contribution in [2.75, 3.05) is 0 Å². The van der Waals surface area contributed by atoms with Crippen molar-refractivity contribution in [1.82, 2.24) is 5.32 Å². The summed E-state index contributed by atoms with van der Waals surface area (Å²) in [7, 11) is 0. The predicted octanol–water partition coefficient (Wildman–Crippen LogP) is 3.32. The van der Waals surface area contributed by atoms with Gasteiger partial charge in [-0.15, -0.1) is 0 Å². The van der Waals surface area contributed by atoms with Crippen molar-refractivity contribution in [2.45, 2.75) is 25.6 Å². The van der Waals surface area contributed by atoms with Crippen LogP contribution in [0.3, 0.4) is 0 Å². The smallest absolute Gasteiger partial charge is 0.315 e. The fourth-order valence-corrected chi connectivity index (χ4v) is 2.81. The van der Waals surface area contributed by atoms with Crippen LogP contribution in [-0.2, 0) is 4.79 Å². The molecule has 0 spiro atoms. The van der Waals surface area contributed by atoms with Crippen LogP contribution in [0.1, 0.15) is 25.0 Å². The van der Waals surface area contributed by atoms with Gasteiger partial charge in [0.1, 0.15) is 11.4 Å². The molecular weight excluding hydrogens is 328 g/mol. The highest BCUT2D eigenvalue weighted by atomic mass is 19.3. The molecule has 3 rings (SSSR count). The number of aliphatic hydroxyl groups is 1. The lowest BCUT2D eigenvalue weighted by Crippen LogP contribution is -2.58. The normalized spacial score (nSPS) is 19.9. The molecule has 0 saturated heterocycles. The van der Waals surface area contributed by atoms with Crippen molar-refractivity contribution in [3.05, 3.63) is 71.4 Å². The Morgan fingerprint density at radius 3 is 2.32 bits per heavy atom. The second kappa shape index (κ2) is 5.97. The summed E-state index contributed by atoms with van der Waals surface area (Å²) in [5.74, 6) is -7.15. The molecule has 0 radical (unpaired) electrons. The maximum Gasteiger partial charge on any atom is 0.315 e. The molecule has 0 aliphatic carbocycles. The van der Waals surface area contributed by atoms with Crippen molar-refractivity contribution in [1.29, 1.82) is 0 Å². The van der Waals surface area contributed by atoms with E-state index in [1.54, 1.807) is 48.5 Å². The fourth-order valence-electron chi connectivity index (χ4n) is 2.81. The molecule has 0 fully saturated rings. The van der Waals surface area contributed by atoms with E-state index >= 15 is 0 Å². The molecule has 6 heteroatoms. The minimum absolute atomic E-state index is 0.111. The number of carbonyl (C=O) groups is 1. The zero-order chi connectivity index (χ0) is 18.2. The summed E-state index contributed by atoms with van der Waals surface area (Å²) < 4.78 is 33.9. The van der Waals surface area contributed by atoms with E-state index in [-0.39, 0.29) is 11.4 Å². The monoisotopic (exact) mass is 345 g/mol. The van der Waals surface area contributed by atoms with Crippen molar-refractivity contribution in [3.63, 3.8) is 0 Å². The number of halogens is 2. The average molecular weight is 345 g/mol. The second-order valence-corrected chi connectivity index (χ2v) is 5.93. The largest absolute Gasteiger partial charge is 0.450 e. The van der Waals surface area contributed by atoms with Crippen LogP contribution in [-0.4, -0.2) is 22.7 Å². The molecule has 2 aromatic carbocycles. The molecule has 1 unspecified atom stereocenters. The summed E-state index contributed by atoms with van der Waals surface area (Å²) in [6.45, 7) is 1.73. The number of benzene rings is 2. The lowest BCUT2D eigenvalue weighted by Gasteiger charge is -2.40. The second-order valence-electron chi connectivity index (χ2n) is 5.93. The van der Waals surface area contributed by atoms with Gasteiger partial charge in [-0.25, -0.2) is 0 Å². The van der Waals surface area contributed by atoms with E-state index in [0.717, 1.165) is 0 Å². The predicted molar refractivity (Wildman–Crippen MR) is 88.9 cm³/mol. The molecule has 25 heavy (non-hydrogen) atoms. The van der Waals surface area contributed by atoms with Crippen LogP contribution in [0.5, 0.6) is 5.75 Å². The standard InChI is InChI=1S/C19H17F2NO3/c1-12(23)22-17-16(13-8-4-3-5-9-13)14-10-6-7-11-15(14)25-19(17,24)18(2,20)21/h3-11,24H,1-2H3,(H,22,23). The lowest BCUT2D eigenvalue weighted by atomic mass is 9.88. The van der Waals surface area contributed by atoms with Crippen molar-refractivity contribution >= 4 is 11.5 Å². The van der Waals surface area contributed by atoms with Crippen LogP contribution < -0.4 is 10.1 Å². The third-order valence-electron chi connectivity index (χ3n) is 3.96. The topological polar surface area (TPSA) is 58.6 Å². The Kier molecular flexibility index (Phi) is 4.08. The van der Waals surface area contributed by atoms with Gasteiger partial charge in [0.05, 0.1) is 0 Å². The first-order chi connectivity index (χ1) is 11.7. The summed E-state index contributed by atoms with van der Waals surface area (Å²) >= 11 is 0. The van der Waals surface area contributed by atoms with Gasteiger partial charge in [-0.2, -0.15) is 8.78 Å². The zero-order valence-electron chi connectivity index (χ0n) is 13.7. The first-order valence-corrected chi connectivity index (χ1v) is 7.70. The molecule has 0 aromatic heterocycles. The SMILES string of the molecule is CC(=O)NC1=C(c2ccccc2)c2ccccc2OC1(O)C(C)(F)F. The summed E-state index contributed by atoms with van der Waals surface area (Å²) in [4.78, 5) is 11.7. The molecule has 0 bridgehead atoms. The molecule has 1 aliphatic rings. The van der Waals surface area contributed by atoms with Gasteiger partial charge in [-0.3, -0.25) is 4.79 Å². The first-order valence-electron chi connectivity index (χ1n) is 7.70. The van der Waals surface area contributed by atoms with Crippen molar-refractivity contribution in [3.8, 4) is 5.75 Å². The minimum atomic E-state index is -3.67. The molecule has 1 atom stereocenters. The molecule has 130 valence electrons. The molecular formula is C19H17F2NO3. The van der Waals surface area contributed by atoms with Crippen LogP contribution in [0.4, 0.5) is 8.78 Å². The number of nitrogens with one attached hydrogen (secondary N) is 1. The summed E-state index contributed by atoms with van der Waals surface area (Å²) in [5.41, 5.74) is 0.995. The molecule has 0 saturated carbocycles. The molecule has 4 nitrogen and oxygen atoms in total. The number of fused-ring (bicyclic) bond motifs is 1. The third kappa shape index (κ3) is 2.89. The van der Waals surface area contributed by atoms with Crippen molar-refractivity contribution in [2.24, 2.45) is 0 Å². The Balaban J connectivity index is 2.38. The van der Waals surface area contributed by atoms with Gasteiger partial charge < -0.3 is 15.2 Å². The van der Waals surface area contributed by atoms with Crippen molar-refractivity contribution < 1.29 is 23.4 Å². The van der Waals surface area contributed by atoms with E-state index in [4.69, 9.17) is 4.74 Å². The number of carbonyl (C=O) groups excluding carboxylic acids is 1. The lowest BCUT2D eigenvalue weighted by molar-refractivity contribution is -0.250. The number of amides is 1. The maximum absolute atomic E-state index is 14.3. The van der Waals surface area contributed by atoms with Gasteiger partial charge in [0, 0.05) is 25.0 Å². The van der Waals surface area contributed by atoms with Crippen LogP contribution >= 0.6 is 0 Å². The number of para-hydroxylation sites is 1. The Morgan fingerprint density at radius 2 is 1.72 bits per heavy atom. The Labute approximate surface area is 143 Å². The fraction of sp³-hybridized carbons (Fsp3) is 0.211. The molecule has 1 heterocycles. The minimum Gasteiger partial charge on any atom is -0.450 e. The number of alkyl halides is 2. The number of rotatable bonds is 3. The van der Waals surface area contributed by atoms with E-state index in [1.807, 2.05) is 0 Å². The van der Waals surface area contributed by atoms with Crippen LogP contribution in [0.25, 0.3) is 5.57 Å². The van der Waals surface area contributed by atoms with Gasteiger partial charge in [0.25, 0.3) is 0 Å².